The third-order valence-electron chi connectivity index (χ3n) is 5.75. The molecule has 4 N–H and O–H groups in total. The van der Waals surface area contributed by atoms with E-state index in [4.69, 9.17) is 15.2 Å². The van der Waals surface area contributed by atoms with Gasteiger partial charge in [-0.1, -0.05) is 45.9 Å². The molecule has 208 valence electrons. The zero-order valence-corrected chi connectivity index (χ0v) is 22.3. The Morgan fingerprint density at radius 2 is 1.67 bits per heavy atom. The molecular weight excluding hydrogens is 508 g/mol. The molecule has 0 bridgehead atoms. The number of hydrogen-bond acceptors (Lipinski definition) is 6. The van der Waals surface area contributed by atoms with E-state index in [1.54, 1.807) is 39.8 Å². The van der Waals surface area contributed by atoms with E-state index in [0.29, 0.717) is 23.7 Å². The Hall–Kier alpha value is -4.05. The van der Waals surface area contributed by atoms with Crippen LogP contribution in [-0.4, -0.2) is 28.1 Å². The van der Waals surface area contributed by atoms with Crippen LogP contribution < -0.4 is 20.5 Å². The van der Waals surface area contributed by atoms with Gasteiger partial charge in [0.05, 0.1) is 0 Å². The number of halogens is 2. The second-order valence-corrected chi connectivity index (χ2v) is 9.88. The summed E-state index contributed by atoms with van der Waals surface area (Å²) < 4.78 is 40.2. The van der Waals surface area contributed by atoms with Crippen LogP contribution in [0.5, 0.6) is 17.5 Å². The van der Waals surface area contributed by atoms with Crippen molar-refractivity contribution in [1.82, 2.24) is 10.3 Å². The predicted octanol–water partition coefficient (Wildman–Crippen LogP) is 5.43. The maximum Gasteiger partial charge on any atom is 0.344 e. The number of benzene rings is 2. The second-order valence-electron chi connectivity index (χ2n) is 9.88. The van der Waals surface area contributed by atoms with Gasteiger partial charge in [0.1, 0.15) is 5.75 Å². The fraction of sp³-hybridized carbons (Fsp3) is 0.345. The SMILES string of the molecule is CC(C)CC(Oc1nc(Oc2cc(CNC(=O)C(C)C)cc(-c3cccc(CN)c3)c2)c(F)cc1F)C(=O)O. The molecule has 3 aromatic rings. The van der Waals surface area contributed by atoms with Crippen LogP contribution in [-0.2, 0) is 22.7 Å². The molecule has 0 fully saturated rings. The maximum absolute atomic E-state index is 14.7. The quantitative estimate of drug-likeness (QED) is 0.279. The molecule has 0 aliphatic heterocycles. The van der Waals surface area contributed by atoms with Gasteiger partial charge in [0.15, 0.2) is 17.7 Å². The molecular formula is C29H33F2N3O5. The van der Waals surface area contributed by atoms with E-state index in [0.717, 1.165) is 11.1 Å². The van der Waals surface area contributed by atoms with Crippen molar-refractivity contribution in [3.05, 3.63) is 71.3 Å². The number of carbonyl (C=O) groups is 2. The number of carboxylic acids is 1. The lowest BCUT2D eigenvalue weighted by Gasteiger charge is -2.17. The number of carboxylic acid groups (broad SMARTS) is 1. The van der Waals surface area contributed by atoms with Gasteiger partial charge in [-0.05, 0) is 58.9 Å². The van der Waals surface area contributed by atoms with Crippen LogP contribution in [0.2, 0.25) is 0 Å². The van der Waals surface area contributed by atoms with Gasteiger partial charge < -0.3 is 25.6 Å². The third kappa shape index (κ3) is 8.22. The largest absolute Gasteiger partial charge is 0.479 e. The molecule has 0 saturated heterocycles. The first-order chi connectivity index (χ1) is 18.5. The number of rotatable bonds is 12. The number of nitrogens with one attached hydrogen (secondary N) is 1. The highest BCUT2D eigenvalue weighted by molar-refractivity contribution is 5.78. The molecule has 1 unspecified atom stereocenters. The molecule has 3 rings (SSSR count). The van der Waals surface area contributed by atoms with Crippen LogP contribution >= 0.6 is 0 Å². The van der Waals surface area contributed by atoms with Crippen molar-refractivity contribution >= 4 is 11.9 Å². The summed E-state index contributed by atoms with van der Waals surface area (Å²) in [5, 5.41) is 12.3. The predicted molar refractivity (Wildman–Crippen MR) is 142 cm³/mol. The molecule has 2 aromatic carbocycles. The summed E-state index contributed by atoms with van der Waals surface area (Å²) in [5.41, 5.74) is 8.87. The summed E-state index contributed by atoms with van der Waals surface area (Å²) in [6.45, 7) is 7.65. The molecule has 0 aliphatic rings. The van der Waals surface area contributed by atoms with Gasteiger partial charge in [-0.3, -0.25) is 4.79 Å². The molecule has 1 amide bonds. The van der Waals surface area contributed by atoms with Crippen LogP contribution in [0.15, 0.2) is 48.5 Å². The Kier molecular flexibility index (Phi) is 9.95. The van der Waals surface area contributed by atoms with Gasteiger partial charge in [0.2, 0.25) is 5.91 Å². The lowest BCUT2D eigenvalue weighted by molar-refractivity contribution is -0.146. The fourth-order valence-electron chi connectivity index (χ4n) is 3.72. The van der Waals surface area contributed by atoms with Crippen LogP contribution in [0.3, 0.4) is 0 Å². The summed E-state index contributed by atoms with van der Waals surface area (Å²) in [6, 6.07) is 13.1. The summed E-state index contributed by atoms with van der Waals surface area (Å²) in [7, 11) is 0. The van der Waals surface area contributed by atoms with Crippen LogP contribution in [0.4, 0.5) is 8.78 Å². The summed E-state index contributed by atoms with van der Waals surface area (Å²) in [4.78, 5) is 27.5. The highest BCUT2D eigenvalue weighted by Crippen LogP contribution is 2.32. The van der Waals surface area contributed by atoms with Gasteiger partial charge in [-0.15, -0.1) is 0 Å². The van der Waals surface area contributed by atoms with Gasteiger partial charge in [-0.25, -0.2) is 13.6 Å². The Morgan fingerprint density at radius 1 is 0.974 bits per heavy atom. The van der Waals surface area contributed by atoms with Crippen molar-refractivity contribution in [1.29, 1.82) is 0 Å². The van der Waals surface area contributed by atoms with Gasteiger partial charge in [-0.2, -0.15) is 4.98 Å². The average Bonchev–Trinajstić information content (AvgIpc) is 2.89. The highest BCUT2D eigenvalue weighted by atomic mass is 19.1. The number of aliphatic carboxylic acids is 1. The van der Waals surface area contributed by atoms with E-state index in [1.807, 2.05) is 30.3 Å². The normalized spacial score (nSPS) is 11.9. The molecule has 0 radical (unpaired) electrons. The topological polar surface area (TPSA) is 124 Å². The Labute approximate surface area is 226 Å². The Balaban J connectivity index is 1.99. The fourth-order valence-corrected chi connectivity index (χ4v) is 3.72. The Morgan fingerprint density at radius 3 is 2.31 bits per heavy atom. The minimum absolute atomic E-state index is 0.0551. The Bertz CT molecular complexity index is 1330. The lowest BCUT2D eigenvalue weighted by atomic mass is 10.0. The number of carbonyl (C=O) groups excluding carboxylic acids is 1. The first-order valence-electron chi connectivity index (χ1n) is 12.6. The first-order valence-corrected chi connectivity index (χ1v) is 12.6. The maximum atomic E-state index is 14.7. The smallest absolute Gasteiger partial charge is 0.344 e. The number of ether oxygens (including phenoxy) is 2. The highest BCUT2D eigenvalue weighted by Gasteiger charge is 2.25. The molecule has 0 aliphatic carbocycles. The third-order valence-corrected chi connectivity index (χ3v) is 5.75. The molecule has 1 atom stereocenters. The van der Waals surface area contributed by atoms with Crippen molar-refractivity contribution in [3.8, 4) is 28.6 Å². The van der Waals surface area contributed by atoms with E-state index in [9.17, 15) is 23.5 Å². The molecule has 39 heavy (non-hydrogen) atoms. The van der Waals surface area contributed by atoms with E-state index in [2.05, 4.69) is 10.3 Å². The molecule has 1 heterocycles. The number of nitrogens with two attached hydrogens (primary N) is 1. The van der Waals surface area contributed by atoms with E-state index >= 15 is 0 Å². The van der Waals surface area contributed by atoms with E-state index < -0.39 is 35.5 Å². The van der Waals surface area contributed by atoms with Crippen LogP contribution in [0, 0.1) is 23.5 Å². The molecule has 0 spiro atoms. The second kappa shape index (κ2) is 13.1. The van der Waals surface area contributed by atoms with Crippen molar-refractivity contribution in [3.63, 3.8) is 0 Å². The molecule has 1 aromatic heterocycles. The molecule has 8 nitrogen and oxygen atoms in total. The monoisotopic (exact) mass is 541 g/mol. The zero-order valence-electron chi connectivity index (χ0n) is 22.3. The van der Waals surface area contributed by atoms with E-state index in [-0.39, 0.29) is 36.5 Å². The zero-order chi connectivity index (χ0) is 28.7. The minimum Gasteiger partial charge on any atom is -0.479 e. The van der Waals surface area contributed by atoms with Crippen molar-refractivity contribution in [2.24, 2.45) is 17.6 Å². The van der Waals surface area contributed by atoms with E-state index in [1.165, 1.54) is 0 Å². The standard InChI is InChI=1S/C29H33F2N3O5/c1-16(2)8-25(29(36)37)39-28-24(31)13-23(30)27(34-28)38-22-11-19(15-33-26(35)17(3)4)10-21(12-22)20-7-5-6-18(9-20)14-32/h5-7,9-13,16-17,25H,8,14-15,32H2,1-4H3,(H,33,35)(H,36,37). The molecule has 0 saturated carbocycles. The average molecular weight is 542 g/mol. The van der Waals surface area contributed by atoms with Gasteiger partial charge in [0, 0.05) is 25.1 Å². The minimum atomic E-state index is -1.38. The number of pyridine rings is 1. The number of nitrogens with zero attached hydrogens (tertiary/aromatic N) is 1. The first kappa shape index (κ1) is 29.5. The van der Waals surface area contributed by atoms with Gasteiger partial charge >= 0.3 is 5.97 Å². The van der Waals surface area contributed by atoms with Crippen LogP contribution in [0.25, 0.3) is 11.1 Å². The van der Waals surface area contributed by atoms with Crippen molar-refractivity contribution < 1.29 is 33.0 Å². The summed E-state index contributed by atoms with van der Waals surface area (Å²) >= 11 is 0. The number of hydrogen-bond donors (Lipinski definition) is 3. The number of amides is 1. The van der Waals surface area contributed by atoms with Gasteiger partial charge in [0.25, 0.3) is 11.8 Å². The molecule has 10 heteroatoms. The summed E-state index contributed by atoms with van der Waals surface area (Å²) in [5.74, 6) is -5.07. The van der Waals surface area contributed by atoms with Crippen LogP contribution in [0.1, 0.15) is 45.2 Å². The van der Waals surface area contributed by atoms with Crippen molar-refractivity contribution in [2.75, 3.05) is 0 Å². The number of aromatic nitrogens is 1. The summed E-state index contributed by atoms with van der Waals surface area (Å²) in [6.07, 6.45) is -1.28. The lowest BCUT2D eigenvalue weighted by Crippen LogP contribution is -2.29. The van der Waals surface area contributed by atoms with Crippen molar-refractivity contribution in [2.45, 2.75) is 53.3 Å².